The summed E-state index contributed by atoms with van der Waals surface area (Å²) in [5, 5.41) is 2.76. The van der Waals surface area contributed by atoms with Crippen LogP contribution in [-0.2, 0) is 11.2 Å². The smallest absolute Gasteiger partial charge is 0.257 e. The third-order valence-electron chi connectivity index (χ3n) is 2.82. The van der Waals surface area contributed by atoms with E-state index in [1.54, 1.807) is 24.3 Å². The Kier molecular flexibility index (Phi) is 5.75. The second-order valence-corrected chi connectivity index (χ2v) is 5.39. The first kappa shape index (κ1) is 15.5. The van der Waals surface area contributed by atoms with Crippen LogP contribution in [0.1, 0.15) is 5.56 Å². The van der Waals surface area contributed by atoms with E-state index in [-0.39, 0.29) is 18.3 Å². The first-order chi connectivity index (χ1) is 10.1. The van der Waals surface area contributed by atoms with Gasteiger partial charge in [0.2, 0.25) is 0 Å². The van der Waals surface area contributed by atoms with Crippen molar-refractivity contribution in [3.8, 4) is 5.75 Å². The Labute approximate surface area is 131 Å². The fourth-order valence-electron chi connectivity index (χ4n) is 1.75. The normalized spacial score (nSPS) is 10.2. The van der Waals surface area contributed by atoms with Crippen LogP contribution in [0.25, 0.3) is 0 Å². The lowest BCUT2D eigenvalue weighted by Crippen LogP contribution is -2.30. The third kappa shape index (κ3) is 5.55. The number of rotatable bonds is 6. The zero-order chi connectivity index (χ0) is 15.1. The fourth-order valence-corrected chi connectivity index (χ4v) is 2.13. The maximum atomic E-state index is 12.7. The third-order valence-corrected chi connectivity index (χ3v) is 3.31. The van der Waals surface area contributed by atoms with E-state index in [9.17, 15) is 9.18 Å². The molecule has 21 heavy (non-hydrogen) atoms. The van der Waals surface area contributed by atoms with Crippen molar-refractivity contribution >= 4 is 21.8 Å². The van der Waals surface area contributed by atoms with Gasteiger partial charge >= 0.3 is 0 Å². The Balaban J connectivity index is 1.69. The maximum Gasteiger partial charge on any atom is 0.257 e. The SMILES string of the molecule is O=C(COc1cccc(Br)c1)NCCc1ccc(F)cc1. The Morgan fingerprint density at radius 2 is 1.95 bits per heavy atom. The molecule has 1 amide bonds. The van der Waals surface area contributed by atoms with Crippen LogP contribution in [0.4, 0.5) is 4.39 Å². The van der Waals surface area contributed by atoms with Crippen molar-refractivity contribution in [3.05, 3.63) is 64.4 Å². The van der Waals surface area contributed by atoms with Crippen molar-refractivity contribution in [2.45, 2.75) is 6.42 Å². The van der Waals surface area contributed by atoms with Crippen LogP contribution in [0.5, 0.6) is 5.75 Å². The molecular weight excluding hydrogens is 337 g/mol. The number of amides is 1. The summed E-state index contributed by atoms with van der Waals surface area (Å²) in [5.74, 6) is 0.195. The first-order valence-corrected chi connectivity index (χ1v) is 7.32. The summed E-state index contributed by atoms with van der Waals surface area (Å²) < 4.78 is 19.0. The van der Waals surface area contributed by atoms with Crippen LogP contribution in [0.3, 0.4) is 0 Å². The Morgan fingerprint density at radius 1 is 1.19 bits per heavy atom. The first-order valence-electron chi connectivity index (χ1n) is 6.53. The van der Waals surface area contributed by atoms with Gasteiger partial charge in [0, 0.05) is 11.0 Å². The molecule has 0 aliphatic heterocycles. The van der Waals surface area contributed by atoms with Crippen LogP contribution in [0.15, 0.2) is 53.0 Å². The molecule has 0 aliphatic carbocycles. The van der Waals surface area contributed by atoms with Crippen molar-refractivity contribution in [2.75, 3.05) is 13.2 Å². The molecule has 0 unspecified atom stereocenters. The van der Waals surface area contributed by atoms with Gasteiger partial charge in [0.15, 0.2) is 6.61 Å². The van der Waals surface area contributed by atoms with E-state index in [4.69, 9.17) is 4.74 Å². The highest BCUT2D eigenvalue weighted by Gasteiger charge is 2.03. The number of nitrogens with one attached hydrogen (secondary N) is 1. The molecule has 0 aromatic heterocycles. The maximum absolute atomic E-state index is 12.7. The minimum Gasteiger partial charge on any atom is -0.484 e. The Hall–Kier alpha value is -1.88. The van der Waals surface area contributed by atoms with Crippen LogP contribution in [0.2, 0.25) is 0 Å². The molecule has 3 nitrogen and oxygen atoms in total. The molecule has 0 atom stereocenters. The lowest BCUT2D eigenvalue weighted by Gasteiger charge is -2.08. The second-order valence-electron chi connectivity index (χ2n) is 4.47. The summed E-state index contributed by atoms with van der Waals surface area (Å²) >= 11 is 3.33. The van der Waals surface area contributed by atoms with Gasteiger partial charge in [-0.3, -0.25) is 4.79 Å². The molecule has 110 valence electrons. The largest absolute Gasteiger partial charge is 0.484 e. The summed E-state index contributed by atoms with van der Waals surface area (Å²) in [4.78, 5) is 11.6. The lowest BCUT2D eigenvalue weighted by atomic mass is 10.1. The molecule has 2 aromatic carbocycles. The number of carbonyl (C=O) groups excluding carboxylic acids is 1. The number of ether oxygens (including phenoxy) is 1. The summed E-state index contributed by atoms with van der Waals surface area (Å²) in [6.45, 7) is 0.464. The average molecular weight is 352 g/mol. The highest BCUT2D eigenvalue weighted by Crippen LogP contribution is 2.17. The van der Waals surface area contributed by atoms with E-state index in [0.717, 1.165) is 10.0 Å². The van der Waals surface area contributed by atoms with Crippen molar-refractivity contribution in [1.29, 1.82) is 0 Å². The van der Waals surface area contributed by atoms with E-state index in [1.807, 2.05) is 12.1 Å². The molecule has 0 saturated carbocycles. The second kappa shape index (κ2) is 7.78. The molecule has 2 aromatic rings. The van der Waals surface area contributed by atoms with E-state index in [1.165, 1.54) is 12.1 Å². The van der Waals surface area contributed by atoms with E-state index >= 15 is 0 Å². The predicted molar refractivity (Wildman–Crippen MR) is 82.8 cm³/mol. The molecular formula is C16H15BrFNO2. The van der Waals surface area contributed by atoms with Gasteiger partial charge in [-0.2, -0.15) is 0 Å². The molecule has 0 fully saturated rings. The molecule has 0 radical (unpaired) electrons. The van der Waals surface area contributed by atoms with Gasteiger partial charge in [0.25, 0.3) is 5.91 Å². The fraction of sp³-hybridized carbons (Fsp3) is 0.188. The van der Waals surface area contributed by atoms with Gasteiger partial charge in [0.1, 0.15) is 11.6 Å². The van der Waals surface area contributed by atoms with Crippen molar-refractivity contribution < 1.29 is 13.9 Å². The van der Waals surface area contributed by atoms with E-state index < -0.39 is 0 Å². The average Bonchev–Trinajstić information content (AvgIpc) is 2.47. The summed E-state index contributed by atoms with van der Waals surface area (Å²) in [6, 6.07) is 13.5. The van der Waals surface area contributed by atoms with Crippen LogP contribution >= 0.6 is 15.9 Å². The summed E-state index contributed by atoms with van der Waals surface area (Å²) in [7, 11) is 0. The molecule has 0 spiro atoms. The van der Waals surface area contributed by atoms with E-state index in [2.05, 4.69) is 21.2 Å². The lowest BCUT2D eigenvalue weighted by molar-refractivity contribution is -0.123. The quantitative estimate of drug-likeness (QED) is 0.866. The molecule has 0 saturated heterocycles. The van der Waals surface area contributed by atoms with Crippen molar-refractivity contribution in [3.63, 3.8) is 0 Å². The van der Waals surface area contributed by atoms with Gasteiger partial charge < -0.3 is 10.1 Å². The Bertz CT molecular complexity index is 601. The van der Waals surface area contributed by atoms with Gasteiger partial charge in [-0.1, -0.05) is 34.1 Å². The summed E-state index contributed by atoms with van der Waals surface area (Å²) in [5.41, 5.74) is 0.976. The van der Waals surface area contributed by atoms with E-state index in [0.29, 0.717) is 18.7 Å². The minimum absolute atomic E-state index is 0.0279. The molecule has 0 bridgehead atoms. The highest BCUT2D eigenvalue weighted by atomic mass is 79.9. The predicted octanol–water partition coefficient (Wildman–Crippen LogP) is 3.33. The number of carbonyl (C=O) groups is 1. The van der Waals surface area contributed by atoms with Gasteiger partial charge in [0.05, 0.1) is 0 Å². The molecule has 5 heteroatoms. The van der Waals surface area contributed by atoms with Crippen molar-refractivity contribution in [2.24, 2.45) is 0 Å². The molecule has 1 N–H and O–H groups in total. The molecule has 0 aliphatic rings. The number of benzene rings is 2. The standard InChI is InChI=1S/C16H15BrFNO2/c17-13-2-1-3-15(10-13)21-11-16(20)19-9-8-12-4-6-14(18)7-5-12/h1-7,10H,8-9,11H2,(H,19,20). The van der Waals surface area contributed by atoms with Crippen LogP contribution in [0, 0.1) is 5.82 Å². The number of hydrogen-bond donors (Lipinski definition) is 1. The zero-order valence-electron chi connectivity index (χ0n) is 11.3. The number of halogens is 2. The van der Waals surface area contributed by atoms with Gasteiger partial charge in [-0.15, -0.1) is 0 Å². The molecule has 0 heterocycles. The monoisotopic (exact) mass is 351 g/mol. The highest BCUT2D eigenvalue weighted by molar-refractivity contribution is 9.10. The minimum atomic E-state index is -0.259. The van der Waals surface area contributed by atoms with Crippen LogP contribution < -0.4 is 10.1 Å². The Morgan fingerprint density at radius 3 is 2.67 bits per heavy atom. The molecule has 2 rings (SSSR count). The van der Waals surface area contributed by atoms with Gasteiger partial charge in [-0.25, -0.2) is 4.39 Å². The topological polar surface area (TPSA) is 38.3 Å². The summed E-state index contributed by atoms with van der Waals surface area (Å²) in [6.07, 6.45) is 0.656. The van der Waals surface area contributed by atoms with Crippen LogP contribution in [-0.4, -0.2) is 19.1 Å². The number of hydrogen-bond acceptors (Lipinski definition) is 2. The van der Waals surface area contributed by atoms with Crippen molar-refractivity contribution in [1.82, 2.24) is 5.32 Å². The van der Waals surface area contributed by atoms with Gasteiger partial charge in [-0.05, 0) is 42.3 Å². The zero-order valence-corrected chi connectivity index (χ0v) is 12.9.